The fraction of sp³-hybridized carbons (Fsp3) is 0.619. The maximum Gasteiger partial charge on any atom is 0.426 e. The van der Waals surface area contributed by atoms with E-state index in [2.05, 4.69) is 5.43 Å². The largest absolute Gasteiger partial charge is 0.456 e. The first-order chi connectivity index (χ1) is 13.7. The zero-order valence-corrected chi connectivity index (χ0v) is 18.7. The number of carbonyl (C=O) groups excluding carboxylic acids is 3. The molecule has 0 atom stereocenters. The Hall–Kier alpha value is -2.84. The number of hydrogen-bond donors (Lipinski definition) is 1. The Balaban J connectivity index is 2.37. The standard InChI is InChI=1S/C21H31N3O6/c1-20(2,3)29-18(27)15-12-24(13-9-8-10-13)16(25)11-14(15)17(26)23(7)22-19(28)30-21(4,5)6/h11-13H,8-10H2,1-7H3,(H,22,28). The Labute approximate surface area is 176 Å². The molecule has 9 nitrogen and oxygen atoms in total. The van der Waals surface area contributed by atoms with E-state index in [1.54, 1.807) is 41.5 Å². The smallest absolute Gasteiger partial charge is 0.426 e. The highest BCUT2D eigenvalue weighted by Crippen LogP contribution is 2.30. The Morgan fingerprint density at radius 3 is 2.07 bits per heavy atom. The quantitative estimate of drug-likeness (QED) is 0.594. The van der Waals surface area contributed by atoms with Crippen LogP contribution in [0.5, 0.6) is 0 Å². The van der Waals surface area contributed by atoms with Gasteiger partial charge in [-0.3, -0.25) is 14.6 Å². The van der Waals surface area contributed by atoms with E-state index >= 15 is 0 Å². The number of hydrazine groups is 1. The third-order valence-electron chi connectivity index (χ3n) is 4.36. The number of nitrogens with one attached hydrogen (secondary N) is 1. The third kappa shape index (κ3) is 6.08. The molecular weight excluding hydrogens is 390 g/mol. The van der Waals surface area contributed by atoms with Crippen LogP contribution >= 0.6 is 0 Å². The van der Waals surface area contributed by atoms with E-state index < -0.39 is 29.2 Å². The molecule has 0 bridgehead atoms. The third-order valence-corrected chi connectivity index (χ3v) is 4.36. The average molecular weight is 421 g/mol. The predicted octanol–water partition coefficient (Wildman–Crippen LogP) is 3.04. The first-order valence-corrected chi connectivity index (χ1v) is 9.95. The van der Waals surface area contributed by atoms with Gasteiger partial charge in [-0.1, -0.05) is 0 Å². The topological polar surface area (TPSA) is 107 Å². The zero-order chi connectivity index (χ0) is 22.9. The summed E-state index contributed by atoms with van der Waals surface area (Å²) < 4.78 is 12.0. The van der Waals surface area contributed by atoms with Crippen LogP contribution in [-0.2, 0) is 9.47 Å². The van der Waals surface area contributed by atoms with E-state index in [9.17, 15) is 19.2 Å². The van der Waals surface area contributed by atoms with Crippen molar-refractivity contribution in [3.8, 4) is 0 Å². The zero-order valence-electron chi connectivity index (χ0n) is 18.7. The Morgan fingerprint density at radius 2 is 1.60 bits per heavy atom. The molecule has 1 aromatic heterocycles. The molecule has 1 heterocycles. The number of rotatable bonds is 3. The second-order valence-electron chi connectivity index (χ2n) is 9.41. The first kappa shape index (κ1) is 23.4. The van der Waals surface area contributed by atoms with Gasteiger partial charge in [-0.15, -0.1) is 0 Å². The van der Waals surface area contributed by atoms with Crippen LogP contribution in [0.25, 0.3) is 0 Å². The molecule has 1 aliphatic rings. The number of aromatic nitrogens is 1. The number of ether oxygens (including phenoxy) is 2. The van der Waals surface area contributed by atoms with Gasteiger partial charge in [0.25, 0.3) is 11.5 Å². The summed E-state index contributed by atoms with van der Waals surface area (Å²) in [4.78, 5) is 50.3. The number of nitrogens with zero attached hydrogens (tertiary/aromatic N) is 2. The molecule has 166 valence electrons. The van der Waals surface area contributed by atoms with Crippen LogP contribution in [0, 0.1) is 0 Å². The van der Waals surface area contributed by atoms with Crippen molar-refractivity contribution in [3.05, 3.63) is 33.7 Å². The number of amides is 2. The van der Waals surface area contributed by atoms with Gasteiger partial charge in [0.2, 0.25) is 0 Å². The highest BCUT2D eigenvalue weighted by atomic mass is 16.6. The molecule has 1 N–H and O–H groups in total. The van der Waals surface area contributed by atoms with Crippen LogP contribution in [0.2, 0.25) is 0 Å². The van der Waals surface area contributed by atoms with Gasteiger partial charge in [-0.2, -0.15) is 0 Å². The summed E-state index contributed by atoms with van der Waals surface area (Å²) in [6, 6.07) is 1.12. The van der Waals surface area contributed by atoms with E-state index in [0.717, 1.165) is 30.3 Å². The van der Waals surface area contributed by atoms with E-state index in [4.69, 9.17) is 9.47 Å². The van der Waals surface area contributed by atoms with Crippen LogP contribution in [0.15, 0.2) is 17.1 Å². The van der Waals surface area contributed by atoms with Crippen LogP contribution < -0.4 is 11.0 Å². The number of hydrogen-bond acceptors (Lipinski definition) is 6. The minimum atomic E-state index is -0.833. The van der Waals surface area contributed by atoms with Crippen molar-refractivity contribution in [2.75, 3.05) is 7.05 Å². The molecule has 9 heteroatoms. The molecule has 0 unspecified atom stereocenters. The molecule has 1 aliphatic carbocycles. The number of pyridine rings is 1. The normalized spacial score (nSPS) is 14.5. The molecule has 0 aliphatic heterocycles. The molecule has 1 saturated carbocycles. The van der Waals surface area contributed by atoms with Crippen molar-refractivity contribution in [2.45, 2.75) is 78.0 Å². The minimum Gasteiger partial charge on any atom is -0.456 e. The number of esters is 1. The maximum absolute atomic E-state index is 13.0. The Morgan fingerprint density at radius 1 is 1.03 bits per heavy atom. The van der Waals surface area contributed by atoms with Gasteiger partial charge in [0.15, 0.2) is 0 Å². The summed E-state index contributed by atoms with van der Waals surface area (Å²) in [5.74, 6) is -1.45. The van der Waals surface area contributed by atoms with Crippen molar-refractivity contribution in [3.63, 3.8) is 0 Å². The van der Waals surface area contributed by atoms with Crippen molar-refractivity contribution >= 4 is 18.0 Å². The van der Waals surface area contributed by atoms with E-state index in [0.29, 0.717) is 0 Å². The lowest BCUT2D eigenvalue weighted by molar-refractivity contribution is 0.00652. The summed E-state index contributed by atoms with van der Waals surface area (Å²) >= 11 is 0. The summed E-state index contributed by atoms with van der Waals surface area (Å²) in [6.07, 6.45) is 3.22. The molecule has 0 spiro atoms. The van der Waals surface area contributed by atoms with Gasteiger partial charge in [-0.25, -0.2) is 15.0 Å². The van der Waals surface area contributed by atoms with E-state index in [1.165, 1.54) is 17.8 Å². The van der Waals surface area contributed by atoms with Gasteiger partial charge >= 0.3 is 12.1 Å². The lowest BCUT2D eigenvalue weighted by Crippen LogP contribution is -2.46. The molecular formula is C21H31N3O6. The average Bonchev–Trinajstić information content (AvgIpc) is 2.50. The van der Waals surface area contributed by atoms with Crippen LogP contribution in [0.1, 0.15) is 87.6 Å². The molecule has 30 heavy (non-hydrogen) atoms. The molecule has 1 fully saturated rings. The van der Waals surface area contributed by atoms with Crippen LogP contribution in [0.3, 0.4) is 0 Å². The first-order valence-electron chi connectivity index (χ1n) is 9.95. The van der Waals surface area contributed by atoms with Gasteiger partial charge in [0.05, 0.1) is 11.1 Å². The summed E-state index contributed by atoms with van der Waals surface area (Å²) in [5.41, 5.74) is 0.191. The molecule has 0 aromatic carbocycles. The van der Waals surface area contributed by atoms with Crippen LogP contribution in [0.4, 0.5) is 4.79 Å². The highest BCUT2D eigenvalue weighted by molar-refractivity contribution is 6.05. The summed E-state index contributed by atoms with van der Waals surface area (Å²) in [6.45, 7) is 10.2. The molecule has 1 aromatic rings. The van der Waals surface area contributed by atoms with E-state index in [1.807, 2.05) is 0 Å². The van der Waals surface area contributed by atoms with Gasteiger partial charge in [-0.05, 0) is 60.8 Å². The molecule has 0 saturated heterocycles. The Bertz CT molecular complexity index is 887. The second-order valence-corrected chi connectivity index (χ2v) is 9.41. The summed E-state index contributed by atoms with van der Waals surface area (Å²) in [7, 11) is 1.31. The lowest BCUT2D eigenvalue weighted by atomic mass is 9.92. The number of carbonyl (C=O) groups is 3. The van der Waals surface area contributed by atoms with Gasteiger partial charge in [0.1, 0.15) is 11.2 Å². The van der Waals surface area contributed by atoms with E-state index in [-0.39, 0.29) is 22.7 Å². The maximum atomic E-state index is 13.0. The SMILES string of the molecule is CN(NC(=O)OC(C)(C)C)C(=O)c1cc(=O)n(C2CCC2)cc1C(=O)OC(C)(C)C. The van der Waals surface area contributed by atoms with Crippen molar-refractivity contribution < 1.29 is 23.9 Å². The van der Waals surface area contributed by atoms with Crippen molar-refractivity contribution in [2.24, 2.45) is 0 Å². The molecule has 0 radical (unpaired) electrons. The summed E-state index contributed by atoms with van der Waals surface area (Å²) in [5, 5.41) is 0.879. The van der Waals surface area contributed by atoms with Crippen LogP contribution in [-0.4, -0.2) is 45.8 Å². The highest BCUT2D eigenvalue weighted by Gasteiger charge is 2.29. The minimum absolute atomic E-state index is 0.000423. The fourth-order valence-electron chi connectivity index (χ4n) is 2.84. The van der Waals surface area contributed by atoms with Gasteiger partial charge < -0.3 is 14.0 Å². The molecule has 2 rings (SSSR count). The Kier molecular flexibility index (Phi) is 6.63. The monoisotopic (exact) mass is 421 g/mol. The van der Waals surface area contributed by atoms with Gasteiger partial charge in [0, 0.05) is 25.4 Å². The van der Waals surface area contributed by atoms with Crippen molar-refractivity contribution in [1.82, 2.24) is 15.0 Å². The molecule has 2 amide bonds. The van der Waals surface area contributed by atoms with Crippen molar-refractivity contribution in [1.29, 1.82) is 0 Å². The second kappa shape index (κ2) is 8.49. The lowest BCUT2D eigenvalue weighted by Gasteiger charge is -2.29. The fourth-order valence-corrected chi connectivity index (χ4v) is 2.84. The predicted molar refractivity (Wildman–Crippen MR) is 110 cm³/mol.